The predicted octanol–water partition coefficient (Wildman–Crippen LogP) is 2.93. The van der Waals surface area contributed by atoms with Crippen LogP contribution in [0.25, 0.3) is 0 Å². The van der Waals surface area contributed by atoms with Crippen LogP contribution in [0.4, 0.5) is 5.69 Å². The molecular formula is C12H12ClN3O. The van der Waals surface area contributed by atoms with E-state index in [0.717, 1.165) is 11.3 Å². The number of benzene rings is 1. The van der Waals surface area contributed by atoms with Gasteiger partial charge in [-0.25, -0.2) is 0 Å². The smallest absolute Gasteiger partial charge is 0.276 e. The summed E-state index contributed by atoms with van der Waals surface area (Å²) in [6.07, 6.45) is 0. The molecule has 5 heteroatoms. The van der Waals surface area contributed by atoms with Crippen molar-refractivity contribution in [1.82, 2.24) is 10.2 Å². The summed E-state index contributed by atoms with van der Waals surface area (Å²) in [5.74, 6) is -0.255. The zero-order valence-electron chi connectivity index (χ0n) is 9.54. The number of amides is 1. The lowest BCUT2D eigenvalue weighted by molar-refractivity contribution is 0.102. The molecule has 0 bridgehead atoms. The fourth-order valence-electron chi connectivity index (χ4n) is 1.40. The number of aromatic amines is 1. The van der Waals surface area contributed by atoms with Gasteiger partial charge in [0.05, 0.1) is 0 Å². The van der Waals surface area contributed by atoms with Crippen molar-refractivity contribution >= 4 is 23.2 Å². The van der Waals surface area contributed by atoms with Crippen molar-refractivity contribution in [3.63, 3.8) is 0 Å². The van der Waals surface area contributed by atoms with Crippen LogP contribution in [0.15, 0.2) is 24.3 Å². The van der Waals surface area contributed by atoms with Gasteiger partial charge in [-0.1, -0.05) is 17.7 Å². The Morgan fingerprint density at radius 2 is 2.12 bits per heavy atom. The summed E-state index contributed by atoms with van der Waals surface area (Å²) in [6, 6.07) is 7.06. The Labute approximate surface area is 104 Å². The van der Waals surface area contributed by atoms with Crippen LogP contribution in [0.1, 0.15) is 21.7 Å². The van der Waals surface area contributed by atoms with Gasteiger partial charge >= 0.3 is 0 Å². The Hall–Kier alpha value is -1.81. The molecule has 1 amide bonds. The van der Waals surface area contributed by atoms with Crippen molar-refractivity contribution < 1.29 is 4.79 Å². The molecule has 0 aliphatic heterocycles. The van der Waals surface area contributed by atoms with Crippen LogP contribution in [-0.4, -0.2) is 16.1 Å². The lowest BCUT2D eigenvalue weighted by Crippen LogP contribution is -2.12. The van der Waals surface area contributed by atoms with E-state index in [1.54, 1.807) is 18.2 Å². The summed E-state index contributed by atoms with van der Waals surface area (Å²) in [4.78, 5) is 11.8. The van der Waals surface area contributed by atoms with Crippen molar-refractivity contribution in [2.24, 2.45) is 0 Å². The molecule has 0 saturated carbocycles. The Kier molecular flexibility index (Phi) is 3.15. The number of aromatic nitrogens is 2. The third kappa shape index (κ3) is 2.65. The number of H-pyrrole nitrogens is 1. The molecular weight excluding hydrogens is 238 g/mol. The van der Waals surface area contributed by atoms with E-state index in [1.165, 1.54) is 0 Å². The van der Waals surface area contributed by atoms with Gasteiger partial charge in [-0.15, -0.1) is 0 Å². The summed E-state index contributed by atoms with van der Waals surface area (Å²) >= 11 is 5.97. The second kappa shape index (κ2) is 4.59. The van der Waals surface area contributed by atoms with Gasteiger partial charge in [0.25, 0.3) is 5.91 Å². The second-order valence-corrected chi connectivity index (χ2v) is 4.26. The van der Waals surface area contributed by atoms with Crippen LogP contribution in [0.2, 0.25) is 5.02 Å². The molecule has 0 aliphatic rings. The zero-order chi connectivity index (χ0) is 12.4. The first-order valence-electron chi connectivity index (χ1n) is 5.16. The highest BCUT2D eigenvalue weighted by Crippen LogP contribution is 2.20. The van der Waals surface area contributed by atoms with E-state index in [4.69, 9.17) is 11.6 Å². The third-order valence-electron chi connectivity index (χ3n) is 2.37. The minimum absolute atomic E-state index is 0.255. The molecule has 0 radical (unpaired) electrons. The predicted molar refractivity (Wildman–Crippen MR) is 67.5 cm³/mol. The van der Waals surface area contributed by atoms with Crippen molar-refractivity contribution in [3.05, 3.63) is 46.2 Å². The summed E-state index contributed by atoms with van der Waals surface area (Å²) in [5, 5.41) is 9.96. The summed E-state index contributed by atoms with van der Waals surface area (Å²) < 4.78 is 0. The average Bonchev–Trinajstić information content (AvgIpc) is 2.70. The molecule has 17 heavy (non-hydrogen) atoms. The molecule has 0 fully saturated rings. The maximum absolute atomic E-state index is 11.8. The van der Waals surface area contributed by atoms with E-state index in [-0.39, 0.29) is 5.91 Å². The topological polar surface area (TPSA) is 57.8 Å². The number of rotatable bonds is 2. The highest BCUT2D eigenvalue weighted by atomic mass is 35.5. The number of nitrogens with one attached hydrogen (secondary N) is 2. The first kappa shape index (κ1) is 11.7. The Morgan fingerprint density at radius 1 is 1.35 bits per heavy atom. The molecule has 88 valence electrons. The highest BCUT2D eigenvalue weighted by Gasteiger charge is 2.09. The van der Waals surface area contributed by atoms with E-state index in [2.05, 4.69) is 15.5 Å². The Bertz CT molecular complexity index is 563. The minimum Gasteiger partial charge on any atom is -0.321 e. The van der Waals surface area contributed by atoms with Crippen LogP contribution in [0.3, 0.4) is 0 Å². The third-order valence-corrected chi connectivity index (χ3v) is 2.78. The van der Waals surface area contributed by atoms with Gasteiger partial charge < -0.3 is 5.32 Å². The molecule has 1 aromatic carbocycles. The van der Waals surface area contributed by atoms with E-state index in [0.29, 0.717) is 16.4 Å². The van der Waals surface area contributed by atoms with Crippen molar-refractivity contribution in [2.75, 3.05) is 5.32 Å². The van der Waals surface area contributed by atoms with Gasteiger partial charge in [-0.3, -0.25) is 9.89 Å². The van der Waals surface area contributed by atoms with Gasteiger partial charge in [0.1, 0.15) is 0 Å². The molecule has 2 rings (SSSR count). The van der Waals surface area contributed by atoms with E-state index < -0.39 is 0 Å². The molecule has 0 unspecified atom stereocenters. The largest absolute Gasteiger partial charge is 0.321 e. The number of carbonyl (C=O) groups is 1. The van der Waals surface area contributed by atoms with Crippen molar-refractivity contribution in [1.29, 1.82) is 0 Å². The lowest BCUT2D eigenvalue weighted by atomic mass is 10.2. The van der Waals surface area contributed by atoms with Crippen molar-refractivity contribution in [2.45, 2.75) is 13.8 Å². The van der Waals surface area contributed by atoms with Crippen LogP contribution >= 0.6 is 11.6 Å². The van der Waals surface area contributed by atoms with Crippen LogP contribution in [-0.2, 0) is 0 Å². The maximum Gasteiger partial charge on any atom is 0.276 e. The van der Waals surface area contributed by atoms with Crippen LogP contribution in [0, 0.1) is 13.8 Å². The molecule has 0 atom stereocenters. The van der Waals surface area contributed by atoms with Gasteiger partial charge in [0, 0.05) is 16.4 Å². The molecule has 4 nitrogen and oxygen atoms in total. The summed E-state index contributed by atoms with van der Waals surface area (Å²) in [6.45, 7) is 3.75. The molecule has 0 saturated heterocycles. The summed E-state index contributed by atoms with van der Waals surface area (Å²) in [5.41, 5.74) is 2.84. The van der Waals surface area contributed by atoms with Gasteiger partial charge in [-0.05, 0) is 37.6 Å². The SMILES string of the molecule is Cc1cc(C(=O)Nc2ccc(C)c(Cl)c2)n[nH]1. The number of nitrogens with zero attached hydrogens (tertiary/aromatic N) is 1. The molecule has 0 spiro atoms. The van der Waals surface area contributed by atoms with E-state index in [1.807, 2.05) is 19.9 Å². The van der Waals surface area contributed by atoms with Crippen molar-refractivity contribution in [3.8, 4) is 0 Å². The Morgan fingerprint density at radius 3 is 2.71 bits per heavy atom. The number of halogens is 1. The monoisotopic (exact) mass is 249 g/mol. The molecule has 2 N–H and O–H groups in total. The van der Waals surface area contributed by atoms with Gasteiger partial charge in [-0.2, -0.15) is 5.10 Å². The number of anilines is 1. The lowest BCUT2D eigenvalue weighted by Gasteiger charge is -2.04. The first-order valence-corrected chi connectivity index (χ1v) is 5.53. The van der Waals surface area contributed by atoms with Gasteiger partial charge in [0.15, 0.2) is 5.69 Å². The quantitative estimate of drug-likeness (QED) is 0.860. The second-order valence-electron chi connectivity index (χ2n) is 3.85. The number of carbonyl (C=O) groups excluding carboxylic acids is 1. The van der Waals surface area contributed by atoms with Crippen LogP contribution < -0.4 is 5.32 Å². The summed E-state index contributed by atoms with van der Waals surface area (Å²) in [7, 11) is 0. The van der Waals surface area contributed by atoms with E-state index >= 15 is 0 Å². The first-order chi connectivity index (χ1) is 8.06. The fourth-order valence-corrected chi connectivity index (χ4v) is 1.58. The normalized spacial score (nSPS) is 10.3. The highest BCUT2D eigenvalue weighted by molar-refractivity contribution is 6.31. The van der Waals surface area contributed by atoms with Crippen LogP contribution in [0.5, 0.6) is 0 Å². The zero-order valence-corrected chi connectivity index (χ0v) is 10.3. The standard InChI is InChI=1S/C12H12ClN3O/c1-7-3-4-9(6-10(7)13)14-12(17)11-5-8(2)15-16-11/h3-6H,1-2H3,(H,14,17)(H,15,16). The fraction of sp³-hybridized carbons (Fsp3) is 0.167. The molecule has 1 aromatic heterocycles. The molecule has 0 aliphatic carbocycles. The Balaban J connectivity index is 2.15. The number of hydrogen-bond donors (Lipinski definition) is 2. The molecule has 2 aromatic rings. The van der Waals surface area contributed by atoms with E-state index in [9.17, 15) is 4.79 Å². The number of hydrogen-bond acceptors (Lipinski definition) is 2. The van der Waals surface area contributed by atoms with Gasteiger partial charge in [0.2, 0.25) is 0 Å². The average molecular weight is 250 g/mol. The number of aryl methyl sites for hydroxylation is 2. The maximum atomic E-state index is 11.8. The minimum atomic E-state index is -0.255. The molecule has 1 heterocycles.